The van der Waals surface area contributed by atoms with Gasteiger partial charge < -0.3 is 15.5 Å². The first kappa shape index (κ1) is 35.4. The molecule has 3 N–H and O–H groups in total. The lowest BCUT2D eigenvalue weighted by molar-refractivity contribution is -0.123. The first-order valence-electron chi connectivity index (χ1n) is 16.2. The van der Waals surface area contributed by atoms with Crippen LogP contribution in [0.3, 0.4) is 0 Å². The Bertz CT molecular complexity index is 443. The van der Waals surface area contributed by atoms with Crippen molar-refractivity contribution in [2.75, 3.05) is 6.61 Å². The molecule has 2 atom stereocenters. The molecule has 2 unspecified atom stereocenters. The van der Waals surface area contributed by atoms with Crippen molar-refractivity contribution in [2.45, 2.75) is 193 Å². The zero-order chi connectivity index (χ0) is 26.5. The number of unbranched alkanes of at least 4 members (excludes halogenated alkanes) is 22. The van der Waals surface area contributed by atoms with E-state index < -0.39 is 12.1 Å². The van der Waals surface area contributed by atoms with Crippen molar-refractivity contribution in [1.29, 1.82) is 0 Å². The van der Waals surface area contributed by atoms with E-state index in [2.05, 4.69) is 19.2 Å². The summed E-state index contributed by atoms with van der Waals surface area (Å²) >= 11 is 0. The second-order valence-corrected chi connectivity index (χ2v) is 11.2. The van der Waals surface area contributed by atoms with Crippen LogP contribution >= 0.6 is 0 Å². The van der Waals surface area contributed by atoms with Crippen molar-refractivity contribution in [3.63, 3.8) is 0 Å². The van der Waals surface area contributed by atoms with Gasteiger partial charge in [-0.05, 0) is 12.8 Å². The van der Waals surface area contributed by atoms with E-state index in [1.54, 1.807) is 0 Å². The monoisotopic (exact) mass is 511 g/mol. The molecule has 0 heterocycles. The summed E-state index contributed by atoms with van der Waals surface area (Å²) in [6.07, 6.45) is 31.9. The number of carbonyl (C=O) groups is 1. The van der Waals surface area contributed by atoms with Crippen LogP contribution in [-0.4, -0.2) is 34.9 Å². The topological polar surface area (TPSA) is 69.6 Å². The quantitative estimate of drug-likeness (QED) is 0.0877. The molecule has 0 aromatic carbocycles. The summed E-state index contributed by atoms with van der Waals surface area (Å²) in [7, 11) is 0. The van der Waals surface area contributed by atoms with Crippen molar-refractivity contribution in [3.05, 3.63) is 0 Å². The van der Waals surface area contributed by atoms with Crippen LogP contribution in [0.25, 0.3) is 0 Å². The number of rotatable bonds is 29. The van der Waals surface area contributed by atoms with Crippen LogP contribution in [0.2, 0.25) is 0 Å². The molecule has 0 fully saturated rings. The van der Waals surface area contributed by atoms with Crippen LogP contribution < -0.4 is 5.32 Å². The van der Waals surface area contributed by atoms with E-state index in [4.69, 9.17) is 0 Å². The van der Waals surface area contributed by atoms with E-state index in [9.17, 15) is 15.0 Å². The second-order valence-electron chi connectivity index (χ2n) is 11.2. The maximum absolute atomic E-state index is 12.2. The molecule has 0 aromatic rings. The van der Waals surface area contributed by atoms with Crippen molar-refractivity contribution in [3.8, 4) is 0 Å². The maximum Gasteiger partial charge on any atom is 0.220 e. The predicted molar refractivity (Wildman–Crippen MR) is 156 cm³/mol. The lowest BCUT2D eigenvalue weighted by Gasteiger charge is -2.22. The fraction of sp³-hybridized carbons (Fsp3) is 0.969. The highest BCUT2D eigenvalue weighted by Crippen LogP contribution is 2.15. The number of carbonyl (C=O) groups excluding carboxylic acids is 1. The van der Waals surface area contributed by atoms with Gasteiger partial charge >= 0.3 is 0 Å². The molecule has 0 rings (SSSR count). The molecule has 1 amide bonds. The summed E-state index contributed by atoms with van der Waals surface area (Å²) in [6, 6.07) is -0.524. The van der Waals surface area contributed by atoms with Gasteiger partial charge in [-0.25, -0.2) is 0 Å². The molecule has 4 nitrogen and oxygen atoms in total. The molecule has 0 aromatic heterocycles. The molecule has 0 radical (unpaired) electrons. The van der Waals surface area contributed by atoms with Gasteiger partial charge in [0.2, 0.25) is 5.91 Å². The fourth-order valence-corrected chi connectivity index (χ4v) is 5.06. The highest BCUT2D eigenvalue weighted by Gasteiger charge is 2.19. The summed E-state index contributed by atoms with van der Waals surface area (Å²) in [5.41, 5.74) is 0. The molecule has 0 spiro atoms. The van der Waals surface area contributed by atoms with E-state index in [-0.39, 0.29) is 12.5 Å². The van der Waals surface area contributed by atoms with Gasteiger partial charge in [-0.15, -0.1) is 0 Å². The summed E-state index contributed by atoms with van der Waals surface area (Å²) in [5, 5.41) is 22.6. The van der Waals surface area contributed by atoms with Gasteiger partial charge in [-0.3, -0.25) is 4.79 Å². The van der Waals surface area contributed by atoms with Crippen LogP contribution in [0.5, 0.6) is 0 Å². The number of nitrogens with one attached hydrogen (secondary N) is 1. The van der Waals surface area contributed by atoms with Crippen molar-refractivity contribution >= 4 is 5.91 Å². The minimum Gasteiger partial charge on any atom is -0.394 e. The Hall–Kier alpha value is -0.610. The SMILES string of the molecule is CCCCCCCCCCCCCCCCCCCCCCC(=O)NC(CO)C(O)CCCCCC. The summed E-state index contributed by atoms with van der Waals surface area (Å²) in [4.78, 5) is 12.2. The van der Waals surface area contributed by atoms with Crippen molar-refractivity contribution in [2.24, 2.45) is 0 Å². The lowest BCUT2D eigenvalue weighted by atomic mass is 10.0. The minimum atomic E-state index is -0.647. The smallest absolute Gasteiger partial charge is 0.220 e. The van der Waals surface area contributed by atoms with E-state index in [0.717, 1.165) is 32.1 Å². The Morgan fingerprint density at radius 2 is 0.889 bits per heavy atom. The standard InChI is InChI=1S/C32H65NO3/c1-3-5-7-9-10-11-12-13-14-15-16-17-18-19-20-21-22-23-24-26-28-32(36)33-30(29-34)31(35)27-25-8-6-4-2/h30-31,34-35H,3-29H2,1-2H3,(H,33,36). The summed E-state index contributed by atoms with van der Waals surface area (Å²) in [6.45, 7) is 4.25. The molecule has 0 saturated carbocycles. The number of hydrogen-bond donors (Lipinski definition) is 3. The van der Waals surface area contributed by atoms with Crippen LogP contribution in [-0.2, 0) is 4.79 Å². The van der Waals surface area contributed by atoms with E-state index >= 15 is 0 Å². The molecule has 0 bridgehead atoms. The van der Waals surface area contributed by atoms with E-state index in [1.165, 1.54) is 122 Å². The number of amides is 1. The highest BCUT2D eigenvalue weighted by molar-refractivity contribution is 5.76. The Labute approximate surface area is 225 Å². The van der Waals surface area contributed by atoms with Crippen molar-refractivity contribution < 1.29 is 15.0 Å². The molecule has 0 aliphatic carbocycles. The third-order valence-corrected chi connectivity index (χ3v) is 7.62. The third kappa shape index (κ3) is 25.1. The van der Waals surface area contributed by atoms with Crippen molar-refractivity contribution in [1.82, 2.24) is 5.32 Å². The summed E-state index contributed by atoms with van der Waals surface area (Å²) in [5.74, 6) is -0.0379. The Balaban J connectivity index is 3.38. The largest absolute Gasteiger partial charge is 0.394 e. The molecule has 0 aliphatic heterocycles. The maximum atomic E-state index is 12.2. The van der Waals surface area contributed by atoms with Crippen LogP contribution in [0.1, 0.15) is 181 Å². The fourth-order valence-electron chi connectivity index (χ4n) is 5.06. The van der Waals surface area contributed by atoms with Gasteiger partial charge in [0.05, 0.1) is 18.8 Å². The van der Waals surface area contributed by atoms with Gasteiger partial charge in [-0.2, -0.15) is 0 Å². The first-order chi connectivity index (χ1) is 17.7. The van der Waals surface area contributed by atoms with Gasteiger partial charge in [0, 0.05) is 6.42 Å². The Morgan fingerprint density at radius 3 is 1.25 bits per heavy atom. The molecule has 216 valence electrons. The van der Waals surface area contributed by atoms with Gasteiger partial charge in [0.1, 0.15) is 0 Å². The minimum absolute atomic E-state index is 0.0379. The third-order valence-electron chi connectivity index (χ3n) is 7.62. The highest BCUT2D eigenvalue weighted by atomic mass is 16.3. The zero-order valence-corrected chi connectivity index (χ0v) is 24.5. The molecule has 36 heavy (non-hydrogen) atoms. The lowest BCUT2D eigenvalue weighted by Crippen LogP contribution is -2.45. The van der Waals surface area contributed by atoms with Crippen LogP contribution in [0.4, 0.5) is 0 Å². The number of hydrogen-bond acceptors (Lipinski definition) is 3. The average Bonchev–Trinajstić information content (AvgIpc) is 2.88. The number of aliphatic hydroxyl groups excluding tert-OH is 2. The second kappa shape index (κ2) is 29.0. The van der Waals surface area contributed by atoms with Gasteiger partial charge in [0.15, 0.2) is 0 Å². The van der Waals surface area contributed by atoms with Crippen LogP contribution in [0, 0.1) is 0 Å². The molecule has 0 saturated heterocycles. The van der Waals surface area contributed by atoms with E-state index in [0.29, 0.717) is 12.8 Å². The molecule has 0 aliphatic rings. The number of aliphatic hydroxyl groups is 2. The predicted octanol–water partition coefficient (Wildman–Crippen LogP) is 9.01. The van der Waals surface area contributed by atoms with Crippen LogP contribution in [0.15, 0.2) is 0 Å². The summed E-state index contributed by atoms with van der Waals surface area (Å²) < 4.78 is 0. The zero-order valence-electron chi connectivity index (χ0n) is 24.5. The van der Waals surface area contributed by atoms with Gasteiger partial charge in [-0.1, -0.05) is 162 Å². The van der Waals surface area contributed by atoms with E-state index in [1.807, 2.05) is 0 Å². The molecular formula is C32H65NO3. The Kier molecular flexibility index (Phi) is 28.5. The molecule has 4 heteroatoms. The van der Waals surface area contributed by atoms with Gasteiger partial charge in [0.25, 0.3) is 0 Å². The first-order valence-corrected chi connectivity index (χ1v) is 16.2. The molecular weight excluding hydrogens is 446 g/mol. The Morgan fingerprint density at radius 1 is 0.556 bits per heavy atom. The average molecular weight is 512 g/mol. The normalized spacial score (nSPS) is 13.1.